The van der Waals surface area contributed by atoms with E-state index >= 15 is 0 Å². The van der Waals surface area contributed by atoms with Gasteiger partial charge in [0.2, 0.25) is 0 Å². The third-order valence-electron chi connectivity index (χ3n) is 4.15. The van der Waals surface area contributed by atoms with Gasteiger partial charge in [-0.25, -0.2) is 9.97 Å². The van der Waals surface area contributed by atoms with Crippen LogP contribution in [0, 0.1) is 0 Å². The number of aromatic nitrogens is 2. The van der Waals surface area contributed by atoms with E-state index in [1.165, 1.54) is 12.8 Å². The minimum absolute atomic E-state index is 0.0603. The van der Waals surface area contributed by atoms with Crippen molar-refractivity contribution in [3.05, 3.63) is 42.2 Å². The summed E-state index contributed by atoms with van der Waals surface area (Å²) < 4.78 is 0. The Hall–Kier alpha value is -2.28. The van der Waals surface area contributed by atoms with Crippen molar-refractivity contribution in [2.24, 2.45) is 0 Å². The summed E-state index contributed by atoms with van der Waals surface area (Å²) in [4.78, 5) is 24.1. The molecule has 0 saturated carbocycles. The largest absolute Gasteiger partial charge is 0.368 e. The van der Waals surface area contributed by atoms with E-state index in [0.29, 0.717) is 18.7 Å². The SMILES string of the molecule is CSc1ccc(C(=O)NCCNc2cc(N3CCCC3)ncn2)cc1. The third-order valence-corrected chi connectivity index (χ3v) is 4.90. The molecule has 1 fully saturated rings. The van der Waals surface area contributed by atoms with Gasteiger partial charge in [0.1, 0.15) is 18.0 Å². The number of hydrogen-bond donors (Lipinski definition) is 2. The fourth-order valence-electron chi connectivity index (χ4n) is 2.77. The topological polar surface area (TPSA) is 70.2 Å². The highest BCUT2D eigenvalue weighted by Gasteiger charge is 2.13. The number of hydrogen-bond acceptors (Lipinski definition) is 6. The molecule has 0 atom stereocenters. The average Bonchev–Trinajstić information content (AvgIpc) is 3.20. The second-order valence-electron chi connectivity index (χ2n) is 5.87. The molecule has 0 spiro atoms. The van der Waals surface area contributed by atoms with Gasteiger partial charge in [0.15, 0.2) is 0 Å². The van der Waals surface area contributed by atoms with Crippen molar-refractivity contribution in [1.82, 2.24) is 15.3 Å². The second kappa shape index (κ2) is 8.71. The first kappa shape index (κ1) is 17.5. The van der Waals surface area contributed by atoms with Crippen LogP contribution in [0.3, 0.4) is 0 Å². The maximum Gasteiger partial charge on any atom is 0.251 e. The fourth-order valence-corrected chi connectivity index (χ4v) is 3.18. The molecule has 0 radical (unpaired) electrons. The molecule has 6 nitrogen and oxygen atoms in total. The monoisotopic (exact) mass is 357 g/mol. The van der Waals surface area contributed by atoms with Gasteiger partial charge < -0.3 is 15.5 Å². The quantitative estimate of drug-likeness (QED) is 0.586. The molecule has 3 rings (SSSR count). The van der Waals surface area contributed by atoms with Crippen molar-refractivity contribution in [2.75, 3.05) is 42.7 Å². The van der Waals surface area contributed by atoms with Crippen LogP contribution in [0.15, 0.2) is 41.6 Å². The Kier molecular flexibility index (Phi) is 6.11. The van der Waals surface area contributed by atoms with E-state index in [0.717, 1.165) is 29.6 Å². The van der Waals surface area contributed by atoms with Gasteiger partial charge in [0.25, 0.3) is 5.91 Å². The zero-order valence-corrected chi connectivity index (χ0v) is 15.2. The van der Waals surface area contributed by atoms with E-state index in [1.807, 2.05) is 36.6 Å². The van der Waals surface area contributed by atoms with E-state index in [4.69, 9.17) is 0 Å². The molecule has 1 aromatic carbocycles. The summed E-state index contributed by atoms with van der Waals surface area (Å²) in [5.41, 5.74) is 0.677. The molecule has 7 heteroatoms. The Labute approximate surface area is 152 Å². The van der Waals surface area contributed by atoms with Gasteiger partial charge in [-0.15, -0.1) is 11.8 Å². The van der Waals surface area contributed by atoms with Crippen LogP contribution in [-0.4, -0.2) is 48.3 Å². The van der Waals surface area contributed by atoms with Crippen molar-refractivity contribution < 1.29 is 4.79 Å². The van der Waals surface area contributed by atoms with E-state index < -0.39 is 0 Å². The summed E-state index contributed by atoms with van der Waals surface area (Å²) in [6.07, 6.45) is 6.04. The Bertz CT molecular complexity index is 701. The van der Waals surface area contributed by atoms with Gasteiger partial charge in [-0.3, -0.25) is 4.79 Å². The van der Waals surface area contributed by atoms with Crippen LogP contribution >= 0.6 is 11.8 Å². The Balaban J connectivity index is 1.44. The van der Waals surface area contributed by atoms with Crippen molar-refractivity contribution in [3.63, 3.8) is 0 Å². The van der Waals surface area contributed by atoms with Crippen LogP contribution in [0.25, 0.3) is 0 Å². The molecule has 0 bridgehead atoms. The molecule has 1 aliphatic heterocycles. The van der Waals surface area contributed by atoms with Crippen LogP contribution in [0.1, 0.15) is 23.2 Å². The van der Waals surface area contributed by atoms with Crippen molar-refractivity contribution in [1.29, 1.82) is 0 Å². The smallest absolute Gasteiger partial charge is 0.251 e. The molecule has 2 N–H and O–H groups in total. The first-order chi connectivity index (χ1) is 12.3. The van der Waals surface area contributed by atoms with E-state index in [-0.39, 0.29) is 5.91 Å². The maximum absolute atomic E-state index is 12.1. The molecule has 0 unspecified atom stereocenters. The molecule has 1 aliphatic rings. The first-order valence-corrected chi connectivity index (χ1v) is 9.72. The highest BCUT2D eigenvalue weighted by atomic mass is 32.2. The molecule has 1 amide bonds. The molecule has 1 saturated heterocycles. The lowest BCUT2D eigenvalue weighted by molar-refractivity contribution is 0.0955. The molecule has 0 aliphatic carbocycles. The number of carbonyl (C=O) groups is 1. The van der Waals surface area contributed by atoms with Crippen molar-refractivity contribution in [3.8, 4) is 0 Å². The lowest BCUT2D eigenvalue weighted by Crippen LogP contribution is -2.29. The maximum atomic E-state index is 12.1. The number of amides is 1. The fraction of sp³-hybridized carbons (Fsp3) is 0.389. The Morgan fingerprint density at radius 3 is 2.64 bits per heavy atom. The van der Waals surface area contributed by atoms with Crippen LogP contribution < -0.4 is 15.5 Å². The Morgan fingerprint density at radius 1 is 1.16 bits per heavy atom. The summed E-state index contributed by atoms with van der Waals surface area (Å²) in [7, 11) is 0. The van der Waals surface area contributed by atoms with Crippen molar-refractivity contribution in [2.45, 2.75) is 17.7 Å². The third kappa shape index (κ3) is 4.85. The summed E-state index contributed by atoms with van der Waals surface area (Å²) in [5, 5.41) is 6.15. The zero-order chi connectivity index (χ0) is 17.5. The van der Waals surface area contributed by atoms with Gasteiger partial charge in [-0.05, 0) is 43.4 Å². The number of benzene rings is 1. The highest BCUT2D eigenvalue weighted by molar-refractivity contribution is 7.98. The number of carbonyl (C=O) groups excluding carboxylic acids is 1. The molecule has 1 aromatic heterocycles. The first-order valence-electron chi connectivity index (χ1n) is 8.49. The number of nitrogens with one attached hydrogen (secondary N) is 2. The van der Waals surface area contributed by atoms with Gasteiger partial charge in [0.05, 0.1) is 0 Å². The standard InChI is InChI=1S/C18H23N5OS/c1-25-15-6-4-14(5-7-15)18(24)20-9-8-19-16-12-17(22-13-21-16)23-10-2-3-11-23/h4-7,12-13H,2-3,8-11H2,1H3,(H,20,24)(H,19,21,22). The van der Waals surface area contributed by atoms with Gasteiger partial charge >= 0.3 is 0 Å². The van der Waals surface area contributed by atoms with Crippen molar-refractivity contribution >= 4 is 29.3 Å². The van der Waals surface area contributed by atoms with Gasteiger partial charge in [0, 0.05) is 42.7 Å². The van der Waals surface area contributed by atoms with Crippen LogP contribution in [0.4, 0.5) is 11.6 Å². The van der Waals surface area contributed by atoms with Gasteiger partial charge in [-0.2, -0.15) is 0 Å². The molecule has 132 valence electrons. The van der Waals surface area contributed by atoms with Crippen LogP contribution in [-0.2, 0) is 0 Å². The molecular weight excluding hydrogens is 334 g/mol. The summed E-state index contributed by atoms with van der Waals surface area (Å²) >= 11 is 1.66. The predicted octanol–water partition coefficient (Wildman–Crippen LogP) is 2.64. The highest BCUT2D eigenvalue weighted by Crippen LogP contribution is 2.19. The normalized spacial score (nSPS) is 13.7. The number of thioether (sulfide) groups is 1. The number of anilines is 2. The van der Waals surface area contributed by atoms with Crippen LogP contribution in [0.5, 0.6) is 0 Å². The molecular formula is C18H23N5OS. The molecule has 25 heavy (non-hydrogen) atoms. The number of nitrogens with zero attached hydrogens (tertiary/aromatic N) is 3. The second-order valence-corrected chi connectivity index (χ2v) is 6.75. The van der Waals surface area contributed by atoms with Crippen LogP contribution in [0.2, 0.25) is 0 Å². The van der Waals surface area contributed by atoms with E-state index in [2.05, 4.69) is 25.5 Å². The molecule has 2 heterocycles. The predicted molar refractivity (Wildman–Crippen MR) is 103 cm³/mol. The minimum Gasteiger partial charge on any atom is -0.368 e. The molecule has 2 aromatic rings. The summed E-state index contributed by atoms with van der Waals surface area (Å²) in [6.45, 7) is 3.26. The average molecular weight is 357 g/mol. The van der Waals surface area contributed by atoms with E-state index in [1.54, 1.807) is 18.1 Å². The summed E-state index contributed by atoms with van der Waals surface area (Å²) in [5.74, 6) is 1.69. The van der Waals surface area contributed by atoms with Gasteiger partial charge in [-0.1, -0.05) is 0 Å². The lowest BCUT2D eigenvalue weighted by Gasteiger charge is -2.16. The lowest BCUT2D eigenvalue weighted by atomic mass is 10.2. The number of rotatable bonds is 7. The summed E-state index contributed by atoms with van der Waals surface area (Å²) in [6, 6.07) is 9.58. The zero-order valence-electron chi connectivity index (χ0n) is 14.4. The Morgan fingerprint density at radius 2 is 1.92 bits per heavy atom. The minimum atomic E-state index is -0.0603. The van der Waals surface area contributed by atoms with E-state index in [9.17, 15) is 4.79 Å².